The van der Waals surface area contributed by atoms with Crippen molar-refractivity contribution in [3.05, 3.63) is 29.8 Å². The van der Waals surface area contributed by atoms with Gasteiger partial charge in [0.1, 0.15) is 5.75 Å². The second-order valence-corrected chi connectivity index (χ2v) is 7.97. The third-order valence-corrected chi connectivity index (χ3v) is 4.74. The van der Waals surface area contributed by atoms with Crippen LogP contribution in [0.15, 0.2) is 24.3 Å². The summed E-state index contributed by atoms with van der Waals surface area (Å²) in [6.45, 7) is 7.69. The van der Waals surface area contributed by atoms with Gasteiger partial charge in [0.25, 0.3) is 0 Å². The maximum absolute atomic E-state index is 11.9. The second kappa shape index (κ2) is 7.09. The van der Waals surface area contributed by atoms with Crippen LogP contribution in [0.25, 0.3) is 0 Å². The monoisotopic (exact) mass is 299 g/mol. The van der Waals surface area contributed by atoms with E-state index in [1.807, 2.05) is 52.0 Å². The number of nitrogens with two attached hydrogens (primary N) is 1. The molecule has 4 nitrogen and oxygen atoms in total. The predicted octanol–water partition coefficient (Wildman–Crippen LogP) is 2.54. The molecule has 2 N–H and O–H groups in total. The van der Waals surface area contributed by atoms with Gasteiger partial charge in [0.15, 0.2) is 9.84 Å². The Kier molecular flexibility index (Phi) is 6.02. The van der Waals surface area contributed by atoms with Crippen molar-refractivity contribution in [1.29, 1.82) is 0 Å². The van der Waals surface area contributed by atoms with Crippen LogP contribution >= 0.6 is 0 Å². The minimum absolute atomic E-state index is 0.0183. The van der Waals surface area contributed by atoms with Gasteiger partial charge in [0.05, 0.1) is 17.6 Å². The summed E-state index contributed by atoms with van der Waals surface area (Å²) in [5, 5.41) is 0. The van der Waals surface area contributed by atoms with E-state index in [9.17, 15) is 8.42 Å². The van der Waals surface area contributed by atoms with E-state index < -0.39 is 15.9 Å². The Bertz CT molecular complexity index is 506. The maximum atomic E-state index is 11.9. The Hall–Kier alpha value is -1.07. The quantitative estimate of drug-likeness (QED) is 0.840. The lowest BCUT2D eigenvalue weighted by molar-refractivity contribution is 0.242. The van der Waals surface area contributed by atoms with Crippen molar-refractivity contribution in [3.8, 4) is 5.75 Å². The molecule has 0 saturated carbocycles. The van der Waals surface area contributed by atoms with Gasteiger partial charge in [0, 0.05) is 6.04 Å². The van der Waals surface area contributed by atoms with Gasteiger partial charge in [-0.2, -0.15) is 0 Å². The molecule has 0 saturated heterocycles. The van der Waals surface area contributed by atoms with E-state index in [1.54, 1.807) is 0 Å². The largest absolute Gasteiger partial charge is 0.491 e. The maximum Gasteiger partial charge on any atom is 0.152 e. The Morgan fingerprint density at radius 3 is 2.05 bits per heavy atom. The Morgan fingerprint density at radius 2 is 1.60 bits per heavy atom. The molecule has 20 heavy (non-hydrogen) atoms. The number of sulfone groups is 1. The molecule has 0 radical (unpaired) electrons. The number of ether oxygens (including phenoxy) is 1. The summed E-state index contributed by atoms with van der Waals surface area (Å²) < 4.78 is 29.4. The Morgan fingerprint density at radius 1 is 1.05 bits per heavy atom. The number of benzene rings is 1. The molecule has 0 spiro atoms. The SMILES string of the molecule is CC(C)CS(=O)(=O)CC(N)c1ccc(OC(C)C)cc1. The second-order valence-electron chi connectivity index (χ2n) is 5.81. The van der Waals surface area contributed by atoms with Gasteiger partial charge >= 0.3 is 0 Å². The molecule has 1 unspecified atom stereocenters. The first-order valence-electron chi connectivity index (χ1n) is 6.92. The van der Waals surface area contributed by atoms with Crippen molar-refractivity contribution in [2.24, 2.45) is 11.7 Å². The van der Waals surface area contributed by atoms with Crippen molar-refractivity contribution < 1.29 is 13.2 Å². The molecule has 0 aromatic heterocycles. The van der Waals surface area contributed by atoms with Crippen molar-refractivity contribution in [2.75, 3.05) is 11.5 Å². The van der Waals surface area contributed by atoms with Crippen LogP contribution in [-0.4, -0.2) is 26.0 Å². The minimum Gasteiger partial charge on any atom is -0.491 e. The molecule has 0 bridgehead atoms. The van der Waals surface area contributed by atoms with E-state index in [1.165, 1.54) is 0 Å². The molecule has 114 valence electrons. The summed E-state index contributed by atoms with van der Waals surface area (Å²) in [6.07, 6.45) is 0.112. The van der Waals surface area contributed by atoms with Crippen molar-refractivity contribution in [1.82, 2.24) is 0 Å². The number of rotatable bonds is 7. The van der Waals surface area contributed by atoms with E-state index in [0.717, 1.165) is 11.3 Å². The van der Waals surface area contributed by atoms with Gasteiger partial charge in [-0.05, 0) is 37.5 Å². The predicted molar refractivity (Wildman–Crippen MR) is 82.6 cm³/mol. The van der Waals surface area contributed by atoms with E-state index in [0.29, 0.717) is 0 Å². The fourth-order valence-electron chi connectivity index (χ4n) is 2.01. The highest BCUT2D eigenvalue weighted by molar-refractivity contribution is 7.91. The molecule has 1 aromatic rings. The lowest BCUT2D eigenvalue weighted by atomic mass is 10.1. The van der Waals surface area contributed by atoms with Crippen LogP contribution in [0.4, 0.5) is 0 Å². The van der Waals surface area contributed by atoms with Crippen molar-refractivity contribution in [3.63, 3.8) is 0 Å². The third kappa shape index (κ3) is 5.92. The van der Waals surface area contributed by atoms with Gasteiger partial charge in [0.2, 0.25) is 0 Å². The summed E-state index contributed by atoms with van der Waals surface area (Å²) in [4.78, 5) is 0. The third-order valence-electron chi connectivity index (χ3n) is 2.70. The van der Waals surface area contributed by atoms with Gasteiger partial charge < -0.3 is 10.5 Å². The van der Waals surface area contributed by atoms with Crippen molar-refractivity contribution in [2.45, 2.75) is 39.8 Å². The molecular weight excluding hydrogens is 274 g/mol. The average molecular weight is 299 g/mol. The zero-order chi connectivity index (χ0) is 15.3. The minimum atomic E-state index is -3.11. The zero-order valence-corrected chi connectivity index (χ0v) is 13.5. The lowest BCUT2D eigenvalue weighted by Crippen LogP contribution is -2.25. The smallest absolute Gasteiger partial charge is 0.152 e. The molecule has 1 aromatic carbocycles. The van der Waals surface area contributed by atoms with Crippen LogP contribution in [0.3, 0.4) is 0 Å². The summed E-state index contributed by atoms with van der Waals surface area (Å²) in [5.74, 6) is 1.04. The summed E-state index contributed by atoms with van der Waals surface area (Å²) in [6, 6.07) is 6.81. The first-order valence-corrected chi connectivity index (χ1v) is 8.74. The molecule has 1 rings (SSSR count). The van der Waals surface area contributed by atoms with E-state index in [4.69, 9.17) is 10.5 Å². The highest BCUT2D eigenvalue weighted by atomic mass is 32.2. The Balaban J connectivity index is 2.70. The first-order chi connectivity index (χ1) is 9.19. The molecule has 0 aliphatic heterocycles. The molecule has 0 heterocycles. The standard InChI is InChI=1S/C15H25NO3S/c1-11(2)9-20(17,18)10-15(16)13-5-7-14(8-6-13)19-12(3)4/h5-8,11-12,15H,9-10,16H2,1-4H3. The van der Waals surface area contributed by atoms with Crippen LogP contribution < -0.4 is 10.5 Å². The molecular formula is C15H25NO3S. The van der Waals surface area contributed by atoms with Gasteiger partial charge in [-0.15, -0.1) is 0 Å². The summed E-state index contributed by atoms with van der Waals surface area (Å²) in [5.41, 5.74) is 6.80. The molecule has 0 amide bonds. The molecule has 0 aliphatic rings. The van der Waals surface area contributed by atoms with Gasteiger partial charge in [-0.1, -0.05) is 26.0 Å². The fraction of sp³-hybridized carbons (Fsp3) is 0.600. The lowest BCUT2D eigenvalue weighted by Gasteiger charge is -2.15. The topological polar surface area (TPSA) is 69.4 Å². The van der Waals surface area contributed by atoms with E-state index >= 15 is 0 Å². The molecule has 1 atom stereocenters. The van der Waals surface area contributed by atoms with Crippen LogP contribution in [0, 0.1) is 5.92 Å². The van der Waals surface area contributed by atoms with E-state index in [-0.39, 0.29) is 23.5 Å². The number of hydrogen-bond acceptors (Lipinski definition) is 4. The highest BCUT2D eigenvalue weighted by Gasteiger charge is 2.19. The van der Waals surface area contributed by atoms with Crippen LogP contribution in [0.1, 0.15) is 39.3 Å². The molecule has 0 fully saturated rings. The molecule has 0 aliphatic carbocycles. The van der Waals surface area contributed by atoms with Crippen LogP contribution in [-0.2, 0) is 9.84 Å². The highest BCUT2D eigenvalue weighted by Crippen LogP contribution is 2.19. The van der Waals surface area contributed by atoms with Crippen molar-refractivity contribution >= 4 is 9.84 Å². The summed E-state index contributed by atoms with van der Waals surface area (Å²) in [7, 11) is -3.11. The van der Waals surface area contributed by atoms with Gasteiger partial charge in [-0.3, -0.25) is 0 Å². The fourth-order valence-corrected chi connectivity index (χ4v) is 3.90. The Labute approximate surface area is 122 Å². The average Bonchev–Trinajstić information content (AvgIpc) is 2.26. The number of hydrogen-bond donors (Lipinski definition) is 1. The van der Waals surface area contributed by atoms with Crippen LogP contribution in [0.2, 0.25) is 0 Å². The van der Waals surface area contributed by atoms with E-state index in [2.05, 4.69) is 0 Å². The zero-order valence-electron chi connectivity index (χ0n) is 12.7. The van der Waals surface area contributed by atoms with Crippen LogP contribution in [0.5, 0.6) is 5.75 Å². The first kappa shape index (κ1) is 17.0. The molecule has 5 heteroatoms. The normalized spacial score (nSPS) is 13.8. The summed E-state index contributed by atoms with van der Waals surface area (Å²) >= 11 is 0. The van der Waals surface area contributed by atoms with Gasteiger partial charge in [-0.25, -0.2) is 8.42 Å².